The van der Waals surface area contributed by atoms with Crippen molar-refractivity contribution in [3.63, 3.8) is 0 Å². The number of nitrogens with one attached hydrogen (secondary N) is 1. The lowest BCUT2D eigenvalue weighted by molar-refractivity contribution is 0.0601. The van der Waals surface area contributed by atoms with E-state index in [0.717, 1.165) is 32.7 Å². The van der Waals surface area contributed by atoms with Crippen LogP contribution in [0.2, 0.25) is 0 Å². The van der Waals surface area contributed by atoms with Crippen molar-refractivity contribution < 1.29 is 19.1 Å². The van der Waals surface area contributed by atoms with Gasteiger partial charge in [-0.2, -0.15) is 0 Å². The predicted molar refractivity (Wildman–Crippen MR) is 140 cm³/mol. The molecule has 0 saturated heterocycles. The molecule has 3 amide bonds. The van der Waals surface area contributed by atoms with E-state index in [9.17, 15) is 14.4 Å². The summed E-state index contributed by atoms with van der Waals surface area (Å²) in [5, 5.41) is 5.86. The van der Waals surface area contributed by atoms with Crippen LogP contribution < -0.4 is 16.9 Å². The maximum atomic E-state index is 13.1. The average molecular weight is 493 g/mol. The summed E-state index contributed by atoms with van der Waals surface area (Å²) >= 11 is 0. The van der Waals surface area contributed by atoms with Crippen LogP contribution >= 0.6 is 0 Å². The number of likely N-dealkylation sites (N-methyl/N-ethyl adjacent to an activating group) is 1. The Morgan fingerprint density at radius 1 is 1.00 bits per heavy atom. The third kappa shape index (κ3) is 6.09. The minimum absolute atomic E-state index is 0.225. The minimum Gasteiger partial charge on any atom is -0.452 e. The average Bonchev–Trinajstić information content (AvgIpc) is 2.86. The summed E-state index contributed by atoms with van der Waals surface area (Å²) in [5.74, 6) is 4.44. The molecular formula is C26H32N6O4. The van der Waals surface area contributed by atoms with Crippen molar-refractivity contribution in [2.75, 3.05) is 52.4 Å². The third-order valence-corrected chi connectivity index (χ3v) is 5.64. The molecule has 0 aromatic heterocycles. The Labute approximate surface area is 210 Å². The Morgan fingerprint density at radius 2 is 1.67 bits per heavy atom. The number of ether oxygens (including phenoxy) is 1. The summed E-state index contributed by atoms with van der Waals surface area (Å²) in [6, 6.07) is 17.1. The molecule has 36 heavy (non-hydrogen) atoms. The quantitative estimate of drug-likeness (QED) is 0.157. The fourth-order valence-electron chi connectivity index (χ4n) is 3.75. The fourth-order valence-corrected chi connectivity index (χ4v) is 3.75. The molecule has 10 nitrogen and oxygen atoms in total. The van der Waals surface area contributed by atoms with Crippen molar-refractivity contribution in [3.8, 4) is 0 Å². The first-order valence-electron chi connectivity index (χ1n) is 11.3. The second-order valence-corrected chi connectivity index (χ2v) is 8.67. The van der Waals surface area contributed by atoms with Crippen molar-refractivity contribution in [2.45, 2.75) is 6.54 Å². The van der Waals surface area contributed by atoms with Crippen molar-refractivity contribution >= 4 is 40.1 Å². The standard InChI is InChI=1S/C23H24N4O2.C3H8N2O2/c1-26(2)10-11-27-22(28)19-5-3-4-16-12-18(13-20(21(16)19)23(27)29)25-14-15-6-8-17(24)9-7-15;1-5(4)3(6)7-2/h3-9,12-13,25H,10-11,14,24H2,1-2H3;4H2,1-2H3. The molecule has 0 atom stereocenters. The molecule has 0 radical (unpaired) electrons. The normalized spacial score (nSPS) is 12.3. The van der Waals surface area contributed by atoms with E-state index in [0.29, 0.717) is 30.8 Å². The molecule has 10 heteroatoms. The maximum absolute atomic E-state index is 13.1. The molecule has 0 unspecified atom stereocenters. The predicted octanol–water partition coefficient (Wildman–Crippen LogP) is 2.75. The van der Waals surface area contributed by atoms with Gasteiger partial charge in [-0.05, 0) is 55.4 Å². The minimum atomic E-state index is -0.542. The highest BCUT2D eigenvalue weighted by Crippen LogP contribution is 2.33. The number of nitrogens with two attached hydrogens (primary N) is 2. The number of imide groups is 1. The van der Waals surface area contributed by atoms with Crippen LogP contribution in [0.15, 0.2) is 54.6 Å². The van der Waals surface area contributed by atoms with Gasteiger partial charge in [-0.15, -0.1) is 0 Å². The molecule has 0 spiro atoms. The monoisotopic (exact) mass is 492 g/mol. The second kappa shape index (κ2) is 11.5. The second-order valence-electron chi connectivity index (χ2n) is 8.67. The molecule has 1 aliphatic rings. The van der Waals surface area contributed by atoms with Gasteiger partial charge in [0.2, 0.25) is 0 Å². The number of carbonyl (C=O) groups excluding carboxylic acids is 3. The van der Waals surface area contributed by atoms with Gasteiger partial charge in [0.15, 0.2) is 0 Å². The molecule has 0 saturated carbocycles. The third-order valence-electron chi connectivity index (χ3n) is 5.64. The number of rotatable bonds is 6. The first-order chi connectivity index (χ1) is 17.1. The highest BCUT2D eigenvalue weighted by atomic mass is 16.5. The number of amides is 3. The Kier molecular flexibility index (Phi) is 8.46. The number of hydrogen-bond acceptors (Lipinski definition) is 8. The molecule has 190 valence electrons. The maximum Gasteiger partial charge on any atom is 0.423 e. The van der Waals surface area contributed by atoms with E-state index in [2.05, 4.69) is 10.1 Å². The number of anilines is 2. The Morgan fingerprint density at radius 3 is 2.25 bits per heavy atom. The van der Waals surface area contributed by atoms with Crippen molar-refractivity contribution in [2.24, 2.45) is 5.84 Å². The number of benzene rings is 3. The zero-order valence-corrected chi connectivity index (χ0v) is 20.9. The zero-order chi connectivity index (χ0) is 26.4. The molecule has 5 N–H and O–H groups in total. The topological polar surface area (TPSA) is 134 Å². The van der Waals surface area contributed by atoms with Gasteiger partial charge in [0, 0.05) is 49.0 Å². The molecule has 0 aliphatic carbocycles. The molecule has 0 fully saturated rings. The van der Waals surface area contributed by atoms with E-state index >= 15 is 0 Å². The molecule has 4 rings (SSSR count). The van der Waals surface area contributed by atoms with Crippen LogP contribution in [0, 0.1) is 0 Å². The van der Waals surface area contributed by atoms with Gasteiger partial charge in [-0.3, -0.25) is 14.5 Å². The van der Waals surface area contributed by atoms with Gasteiger partial charge in [0.25, 0.3) is 11.8 Å². The molecule has 1 heterocycles. The van der Waals surface area contributed by atoms with Crippen molar-refractivity contribution in [3.05, 3.63) is 71.3 Å². The summed E-state index contributed by atoms with van der Waals surface area (Å²) in [7, 11) is 6.52. The highest BCUT2D eigenvalue weighted by molar-refractivity contribution is 6.26. The van der Waals surface area contributed by atoms with Crippen LogP contribution in [0.5, 0.6) is 0 Å². The number of carbonyl (C=O) groups is 3. The zero-order valence-electron chi connectivity index (χ0n) is 20.9. The molecule has 1 aliphatic heterocycles. The lowest BCUT2D eigenvalue weighted by atomic mass is 9.93. The number of nitrogen functional groups attached to an aromatic ring is 1. The van der Waals surface area contributed by atoms with Crippen molar-refractivity contribution in [1.29, 1.82) is 0 Å². The SMILES string of the molecule is CN(C)CCN1C(=O)c2cccc3cc(NCc4ccc(N)cc4)cc(c23)C1=O.COC(=O)N(C)N. The van der Waals surface area contributed by atoms with E-state index in [4.69, 9.17) is 11.6 Å². The van der Waals surface area contributed by atoms with E-state index in [1.807, 2.05) is 67.5 Å². The molecule has 3 aromatic rings. The Bertz CT molecular complexity index is 1260. The number of hydrazine groups is 1. The van der Waals surface area contributed by atoms with Crippen LogP contribution in [0.25, 0.3) is 10.8 Å². The van der Waals surface area contributed by atoms with E-state index < -0.39 is 6.09 Å². The number of nitrogens with zero attached hydrogens (tertiary/aromatic N) is 3. The van der Waals surface area contributed by atoms with Crippen LogP contribution in [-0.2, 0) is 11.3 Å². The fraction of sp³-hybridized carbons (Fsp3) is 0.269. The lowest BCUT2D eigenvalue weighted by Gasteiger charge is -2.28. The van der Waals surface area contributed by atoms with Gasteiger partial charge < -0.3 is 20.7 Å². The first kappa shape index (κ1) is 26.5. The van der Waals surface area contributed by atoms with Gasteiger partial charge >= 0.3 is 6.09 Å². The Balaban J connectivity index is 0.000000454. The largest absolute Gasteiger partial charge is 0.452 e. The summed E-state index contributed by atoms with van der Waals surface area (Å²) in [6.45, 7) is 1.60. The summed E-state index contributed by atoms with van der Waals surface area (Å²) in [5.41, 5.74) is 9.56. The van der Waals surface area contributed by atoms with Gasteiger partial charge in [0.1, 0.15) is 0 Å². The first-order valence-corrected chi connectivity index (χ1v) is 11.3. The van der Waals surface area contributed by atoms with Gasteiger partial charge in [0.05, 0.1) is 12.7 Å². The molecular weight excluding hydrogens is 460 g/mol. The van der Waals surface area contributed by atoms with E-state index in [-0.39, 0.29) is 11.8 Å². The smallest absolute Gasteiger partial charge is 0.423 e. The molecule has 3 aromatic carbocycles. The van der Waals surface area contributed by atoms with Gasteiger partial charge in [-0.25, -0.2) is 15.6 Å². The molecule has 0 bridgehead atoms. The summed E-state index contributed by atoms with van der Waals surface area (Å²) in [6.07, 6.45) is -0.542. The Hall–Kier alpha value is -4.15. The number of methoxy groups -OCH3 is 1. The van der Waals surface area contributed by atoms with Crippen LogP contribution in [0.3, 0.4) is 0 Å². The van der Waals surface area contributed by atoms with Crippen LogP contribution in [0.1, 0.15) is 26.3 Å². The van der Waals surface area contributed by atoms with E-state index in [1.54, 1.807) is 6.07 Å². The van der Waals surface area contributed by atoms with Crippen molar-refractivity contribution in [1.82, 2.24) is 14.8 Å². The number of hydrogen-bond donors (Lipinski definition) is 3. The summed E-state index contributed by atoms with van der Waals surface area (Å²) in [4.78, 5) is 39.4. The van der Waals surface area contributed by atoms with Crippen LogP contribution in [0.4, 0.5) is 16.2 Å². The van der Waals surface area contributed by atoms with Gasteiger partial charge in [-0.1, -0.05) is 24.3 Å². The van der Waals surface area contributed by atoms with E-state index in [1.165, 1.54) is 19.1 Å². The highest BCUT2D eigenvalue weighted by Gasteiger charge is 2.32. The van der Waals surface area contributed by atoms with Crippen LogP contribution in [-0.4, -0.2) is 74.1 Å². The lowest BCUT2D eigenvalue weighted by Crippen LogP contribution is -2.43. The summed E-state index contributed by atoms with van der Waals surface area (Å²) < 4.78 is 4.17.